The maximum absolute atomic E-state index is 13.2. The molecule has 8 heteroatoms. The van der Waals surface area contributed by atoms with Gasteiger partial charge >= 0.3 is 6.18 Å². The number of hydrogen-bond acceptors (Lipinski definition) is 3. The van der Waals surface area contributed by atoms with E-state index in [1.807, 2.05) is 0 Å². The van der Waals surface area contributed by atoms with Crippen molar-refractivity contribution < 1.29 is 27.5 Å². The van der Waals surface area contributed by atoms with Crippen LogP contribution in [0.15, 0.2) is 48.5 Å². The number of rotatable bonds is 5. The number of carbonyl (C=O) groups is 2. The number of ether oxygens (including phenoxy) is 1. The number of methoxy groups -OCH3 is 1. The summed E-state index contributed by atoms with van der Waals surface area (Å²) in [6.07, 6.45) is -4.72. The summed E-state index contributed by atoms with van der Waals surface area (Å²) in [4.78, 5) is 25.8. The van der Waals surface area contributed by atoms with Crippen molar-refractivity contribution in [2.24, 2.45) is 5.92 Å². The third kappa shape index (κ3) is 4.11. The quantitative estimate of drug-likeness (QED) is 0.849. The Hall–Kier alpha value is -3.03. The highest BCUT2D eigenvalue weighted by atomic mass is 19.4. The Kier molecular flexibility index (Phi) is 5.58. The van der Waals surface area contributed by atoms with Gasteiger partial charge in [-0.1, -0.05) is 30.3 Å². The molecule has 2 amide bonds. The summed E-state index contributed by atoms with van der Waals surface area (Å²) < 4.78 is 44.9. The van der Waals surface area contributed by atoms with Crippen LogP contribution in [0.5, 0.6) is 5.75 Å². The molecule has 0 bridgehead atoms. The van der Waals surface area contributed by atoms with Crippen LogP contribution >= 0.6 is 0 Å². The highest BCUT2D eigenvalue weighted by Crippen LogP contribution is 2.38. The lowest BCUT2D eigenvalue weighted by molar-refractivity contribution is -0.137. The summed E-state index contributed by atoms with van der Waals surface area (Å²) in [5.74, 6) is -0.991. The molecular weight excluding hydrogens is 373 g/mol. The number of nitrogens with zero attached hydrogens (tertiary/aromatic N) is 1. The number of benzene rings is 2. The molecule has 2 aromatic rings. The number of alkyl halides is 3. The molecule has 3 rings (SSSR count). The highest BCUT2D eigenvalue weighted by molar-refractivity contribution is 6.00. The Morgan fingerprint density at radius 1 is 1.18 bits per heavy atom. The Morgan fingerprint density at radius 2 is 1.86 bits per heavy atom. The molecule has 1 N–H and O–H groups in total. The lowest BCUT2D eigenvalue weighted by Crippen LogP contribution is -2.33. The molecular formula is C20H19F3N2O3. The topological polar surface area (TPSA) is 58.6 Å². The first kappa shape index (κ1) is 19.7. The monoisotopic (exact) mass is 392 g/mol. The third-order valence-corrected chi connectivity index (χ3v) is 4.64. The zero-order valence-corrected chi connectivity index (χ0v) is 15.1. The predicted molar refractivity (Wildman–Crippen MR) is 96.7 cm³/mol. The van der Waals surface area contributed by atoms with Crippen molar-refractivity contribution in [3.05, 3.63) is 59.7 Å². The minimum absolute atomic E-state index is 0.0936. The van der Waals surface area contributed by atoms with Crippen LogP contribution in [-0.4, -0.2) is 25.5 Å². The molecule has 1 aliphatic heterocycles. The van der Waals surface area contributed by atoms with Crippen LogP contribution in [0.1, 0.15) is 17.5 Å². The summed E-state index contributed by atoms with van der Waals surface area (Å²) in [6, 6.07) is 12.0. The van der Waals surface area contributed by atoms with E-state index < -0.39 is 23.6 Å². The minimum Gasteiger partial charge on any atom is -0.496 e. The van der Waals surface area contributed by atoms with Crippen molar-refractivity contribution in [3.8, 4) is 5.75 Å². The van der Waals surface area contributed by atoms with E-state index in [-0.39, 0.29) is 31.1 Å². The normalized spacial score (nSPS) is 16.9. The smallest absolute Gasteiger partial charge is 0.418 e. The van der Waals surface area contributed by atoms with Crippen LogP contribution in [0.2, 0.25) is 0 Å². The van der Waals surface area contributed by atoms with E-state index in [1.54, 1.807) is 24.3 Å². The number of hydrogen-bond donors (Lipinski definition) is 1. The van der Waals surface area contributed by atoms with Crippen LogP contribution < -0.4 is 15.0 Å². The summed E-state index contributed by atoms with van der Waals surface area (Å²) in [6.45, 7) is 0.107. The molecule has 0 aromatic heterocycles. The molecule has 1 saturated heterocycles. The van der Waals surface area contributed by atoms with Crippen LogP contribution in [0, 0.1) is 5.92 Å². The number of nitrogens with one attached hydrogen (secondary N) is 1. The first-order chi connectivity index (χ1) is 13.3. The van der Waals surface area contributed by atoms with Gasteiger partial charge in [0.2, 0.25) is 11.8 Å². The molecule has 0 saturated carbocycles. The van der Waals surface area contributed by atoms with Gasteiger partial charge in [0.1, 0.15) is 5.75 Å². The molecule has 28 heavy (non-hydrogen) atoms. The van der Waals surface area contributed by atoms with E-state index in [0.717, 1.165) is 16.5 Å². The van der Waals surface area contributed by atoms with Crippen LogP contribution in [0.25, 0.3) is 0 Å². The Bertz CT molecular complexity index is 883. The van der Waals surface area contributed by atoms with Gasteiger partial charge in [-0.2, -0.15) is 13.2 Å². The van der Waals surface area contributed by atoms with Gasteiger partial charge in [-0.15, -0.1) is 0 Å². The number of halogens is 3. The summed E-state index contributed by atoms with van der Waals surface area (Å²) in [5, 5.41) is 2.73. The summed E-state index contributed by atoms with van der Waals surface area (Å²) in [7, 11) is 1.52. The van der Waals surface area contributed by atoms with E-state index >= 15 is 0 Å². The van der Waals surface area contributed by atoms with Crippen LogP contribution in [0.4, 0.5) is 18.9 Å². The van der Waals surface area contributed by atoms with Gasteiger partial charge in [-0.05, 0) is 18.2 Å². The minimum atomic E-state index is -4.58. The first-order valence-corrected chi connectivity index (χ1v) is 8.67. The van der Waals surface area contributed by atoms with Crippen molar-refractivity contribution in [1.29, 1.82) is 0 Å². The molecule has 2 aromatic carbocycles. The Balaban J connectivity index is 1.70. The van der Waals surface area contributed by atoms with Crippen molar-refractivity contribution in [2.75, 3.05) is 18.6 Å². The fourth-order valence-electron chi connectivity index (χ4n) is 3.24. The van der Waals surface area contributed by atoms with Gasteiger partial charge in [0.15, 0.2) is 0 Å². The Labute approximate surface area is 160 Å². The van der Waals surface area contributed by atoms with Gasteiger partial charge in [-0.25, -0.2) is 0 Å². The number of para-hydroxylation sites is 2. The second-order valence-electron chi connectivity index (χ2n) is 6.45. The predicted octanol–water partition coefficient (Wildman–Crippen LogP) is 3.38. The number of carbonyl (C=O) groups excluding carboxylic acids is 2. The molecule has 1 heterocycles. The van der Waals surface area contributed by atoms with E-state index in [2.05, 4.69) is 5.32 Å². The van der Waals surface area contributed by atoms with E-state index in [0.29, 0.717) is 5.75 Å². The van der Waals surface area contributed by atoms with E-state index in [1.165, 1.54) is 25.3 Å². The molecule has 1 fully saturated rings. The number of anilines is 1. The maximum Gasteiger partial charge on any atom is 0.418 e. The fourth-order valence-corrected chi connectivity index (χ4v) is 3.24. The van der Waals surface area contributed by atoms with Crippen LogP contribution in [-0.2, 0) is 22.3 Å². The lowest BCUT2D eigenvalue weighted by atomic mass is 10.1. The lowest BCUT2D eigenvalue weighted by Gasteiger charge is -2.21. The second-order valence-corrected chi connectivity index (χ2v) is 6.45. The molecule has 1 aliphatic rings. The zero-order valence-electron chi connectivity index (χ0n) is 15.1. The SMILES string of the molecule is COc1ccccc1CNC(=O)C1CC(=O)N(c2ccccc2C(F)(F)F)C1. The molecule has 0 radical (unpaired) electrons. The first-order valence-electron chi connectivity index (χ1n) is 8.67. The fraction of sp³-hybridized carbons (Fsp3) is 0.300. The molecule has 148 valence electrons. The Morgan fingerprint density at radius 3 is 2.57 bits per heavy atom. The zero-order chi connectivity index (χ0) is 20.3. The molecule has 0 spiro atoms. The van der Waals surface area contributed by atoms with Crippen molar-refractivity contribution in [1.82, 2.24) is 5.32 Å². The molecule has 5 nitrogen and oxygen atoms in total. The average Bonchev–Trinajstić information content (AvgIpc) is 3.07. The van der Waals surface area contributed by atoms with Gasteiger partial charge in [0, 0.05) is 25.1 Å². The highest BCUT2D eigenvalue weighted by Gasteiger charge is 2.40. The molecule has 0 aliphatic carbocycles. The number of amides is 2. The van der Waals surface area contributed by atoms with E-state index in [4.69, 9.17) is 4.74 Å². The third-order valence-electron chi connectivity index (χ3n) is 4.64. The average molecular weight is 392 g/mol. The van der Waals surface area contributed by atoms with Gasteiger partial charge in [0.05, 0.1) is 24.3 Å². The largest absolute Gasteiger partial charge is 0.496 e. The standard InChI is InChI=1S/C20H19F3N2O3/c1-28-17-9-5-2-6-13(17)11-24-19(27)14-10-18(26)25(12-14)16-8-4-3-7-15(16)20(21,22)23/h2-9,14H,10-12H2,1H3,(H,24,27). The van der Waals surface area contributed by atoms with Crippen molar-refractivity contribution >= 4 is 17.5 Å². The van der Waals surface area contributed by atoms with Crippen molar-refractivity contribution in [2.45, 2.75) is 19.1 Å². The maximum atomic E-state index is 13.2. The molecule has 1 atom stereocenters. The van der Waals surface area contributed by atoms with Crippen LogP contribution in [0.3, 0.4) is 0 Å². The van der Waals surface area contributed by atoms with Gasteiger partial charge in [-0.3, -0.25) is 9.59 Å². The second kappa shape index (κ2) is 7.92. The van der Waals surface area contributed by atoms with E-state index in [9.17, 15) is 22.8 Å². The molecule has 1 unspecified atom stereocenters. The van der Waals surface area contributed by atoms with Gasteiger partial charge in [0.25, 0.3) is 0 Å². The van der Waals surface area contributed by atoms with Crippen molar-refractivity contribution in [3.63, 3.8) is 0 Å². The summed E-state index contributed by atoms with van der Waals surface area (Å²) in [5.41, 5.74) is -0.347. The summed E-state index contributed by atoms with van der Waals surface area (Å²) >= 11 is 0. The van der Waals surface area contributed by atoms with Gasteiger partial charge < -0.3 is 15.0 Å².